The summed E-state index contributed by atoms with van der Waals surface area (Å²) in [4.78, 5) is 4.82. The minimum absolute atomic E-state index is 0.0945. The van der Waals surface area contributed by atoms with E-state index in [1.807, 2.05) is 7.05 Å². The molecule has 4 heteroatoms. The monoisotopic (exact) mass is 275 g/mol. The molecule has 1 aromatic heterocycles. The number of benzene rings is 1. The lowest BCUT2D eigenvalue weighted by Crippen LogP contribution is -2.44. The first-order valence-corrected chi connectivity index (χ1v) is 7.49. The topological polar surface area (TPSA) is 29.9 Å². The molecule has 0 spiro atoms. The molecule has 20 heavy (non-hydrogen) atoms. The highest BCUT2D eigenvalue weighted by molar-refractivity contribution is 5.76. The third-order valence-electron chi connectivity index (χ3n) is 4.52. The summed E-state index contributed by atoms with van der Waals surface area (Å²) in [6.07, 6.45) is 4.60. The van der Waals surface area contributed by atoms with Crippen molar-refractivity contribution in [1.29, 1.82) is 0 Å². The van der Waals surface area contributed by atoms with Crippen molar-refractivity contribution >= 4 is 11.0 Å². The van der Waals surface area contributed by atoms with Crippen LogP contribution in [0.5, 0.6) is 0 Å². The molecule has 1 fully saturated rings. The Bertz CT molecular complexity index is 606. The molecule has 1 saturated heterocycles. The van der Waals surface area contributed by atoms with E-state index in [2.05, 4.69) is 16.8 Å². The van der Waals surface area contributed by atoms with Crippen molar-refractivity contribution in [1.82, 2.24) is 14.9 Å². The third-order valence-corrected chi connectivity index (χ3v) is 4.52. The quantitative estimate of drug-likeness (QED) is 0.932. The summed E-state index contributed by atoms with van der Waals surface area (Å²) in [7, 11) is 2.01. The van der Waals surface area contributed by atoms with Crippen molar-refractivity contribution in [2.24, 2.45) is 7.05 Å². The summed E-state index contributed by atoms with van der Waals surface area (Å²) in [6.45, 7) is 4.28. The second kappa shape index (κ2) is 5.17. The Morgan fingerprint density at radius 2 is 2.30 bits per heavy atom. The van der Waals surface area contributed by atoms with Crippen LogP contribution in [0.4, 0.5) is 4.39 Å². The van der Waals surface area contributed by atoms with Gasteiger partial charge < -0.3 is 9.88 Å². The first-order chi connectivity index (χ1) is 9.66. The molecule has 1 unspecified atom stereocenters. The highest BCUT2D eigenvalue weighted by Crippen LogP contribution is 2.36. The Labute approximate surface area is 119 Å². The average Bonchev–Trinajstić information content (AvgIpc) is 2.78. The third kappa shape index (κ3) is 2.12. The van der Waals surface area contributed by atoms with E-state index >= 15 is 0 Å². The first kappa shape index (κ1) is 13.6. The molecular weight excluding hydrogens is 253 g/mol. The normalized spacial score (nSPS) is 23.4. The summed E-state index contributed by atoms with van der Waals surface area (Å²) >= 11 is 0. The maximum absolute atomic E-state index is 13.5. The fraction of sp³-hybridized carbons (Fsp3) is 0.562. The second-order valence-corrected chi connectivity index (χ2v) is 5.94. The highest BCUT2D eigenvalue weighted by atomic mass is 19.1. The van der Waals surface area contributed by atoms with Crippen LogP contribution in [0.1, 0.15) is 38.4 Å². The molecule has 1 aliphatic rings. The Kier molecular flexibility index (Phi) is 3.50. The molecule has 2 heterocycles. The van der Waals surface area contributed by atoms with E-state index < -0.39 is 0 Å². The molecule has 0 saturated carbocycles. The Morgan fingerprint density at radius 1 is 1.45 bits per heavy atom. The zero-order valence-corrected chi connectivity index (χ0v) is 12.2. The zero-order chi connectivity index (χ0) is 14.2. The molecule has 1 atom stereocenters. The fourth-order valence-electron chi connectivity index (χ4n) is 3.60. The van der Waals surface area contributed by atoms with Gasteiger partial charge in [0.25, 0.3) is 0 Å². The van der Waals surface area contributed by atoms with Gasteiger partial charge in [0.2, 0.25) is 0 Å². The second-order valence-electron chi connectivity index (χ2n) is 5.94. The largest absolute Gasteiger partial charge is 0.331 e. The number of hydrogen-bond donors (Lipinski definition) is 1. The minimum Gasteiger partial charge on any atom is -0.331 e. The van der Waals surface area contributed by atoms with Crippen LogP contribution in [0.3, 0.4) is 0 Å². The van der Waals surface area contributed by atoms with Gasteiger partial charge in [0, 0.05) is 19.0 Å². The van der Waals surface area contributed by atoms with Gasteiger partial charge in [0.05, 0.1) is 11.0 Å². The number of aromatic nitrogens is 2. The molecule has 3 rings (SSSR count). The summed E-state index contributed by atoms with van der Waals surface area (Å²) in [5.41, 5.74) is 1.88. The molecular formula is C16H22FN3. The predicted octanol–water partition coefficient (Wildman–Crippen LogP) is 3.13. The molecule has 108 valence electrons. The van der Waals surface area contributed by atoms with Gasteiger partial charge in [-0.3, -0.25) is 0 Å². The molecule has 2 aromatic rings. The first-order valence-electron chi connectivity index (χ1n) is 7.49. The molecule has 0 aliphatic carbocycles. The van der Waals surface area contributed by atoms with E-state index in [1.165, 1.54) is 12.5 Å². The SMILES string of the molecule is CCCC1(c2nc3ccc(F)cc3n2C)CCCNC1. The lowest BCUT2D eigenvalue weighted by molar-refractivity contribution is 0.271. The van der Waals surface area contributed by atoms with Crippen LogP contribution in [0.15, 0.2) is 18.2 Å². The Hall–Kier alpha value is -1.42. The molecule has 1 aromatic carbocycles. The number of rotatable bonds is 3. The van der Waals surface area contributed by atoms with Crippen molar-refractivity contribution in [3.8, 4) is 0 Å². The molecule has 0 bridgehead atoms. The lowest BCUT2D eigenvalue weighted by Gasteiger charge is -2.37. The number of fused-ring (bicyclic) bond motifs is 1. The van der Waals surface area contributed by atoms with Crippen molar-refractivity contribution in [2.45, 2.75) is 38.0 Å². The number of imidazole rings is 1. The van der Waals surface area contributed by atoms with Gasteiger partial charge in [0.15, 0.2) is 0 Å². The van der Waals surface area contributed by atoms with Crippen LogP contribution in [0.25, 0.3) is 11.0 Å². The van der Waals surface area contributed by atoms with Gasteiger partial charge in [0.1, 0.15) is 11.6 Å². The number of hydrogen-bond acceptors (Lipinski definition) is 2. The average molecular weight is 275 g/mol. The van der Waals surface area contributed by atoms with Crippen LogP contribution in [-0.2, 0) is 12.5 Å². The summed E-state index contributed by atoms with van der Waals surface area (Å²) in [6, 6.07) is 4.86. The molecule has 3 nitrogen and oxygen atoms in total. The van der Waals surface area contributed by atoms with E-state index in [9.17, 15) is 4.39 Å². The van der Waals surface area contributed by atoms with Crippen LogP contribution < -0.4 is 5.32 Å². The van der Waals surface area contributed by atoms with Gasteiger partial charge in [-0.2, -0.15) is 0 Å². The standard InChI is InChI=1S/C16H22FN3/c1-3-7-16(8-4-9-18-11-16)15-19-13-6-5-12(17)10-14(13)20(15)2/h5-6,10,18H,3-4,7-9,11H2,1-2H3. The number of nitrogens with one attached hydrogen (secondary N) is 1. The van der Waals surface area contributed by atoms with Crippen molar-refractivity contribution in [3.63, 3.8) is 0 Å². The van der Waals surface area contributed by atoms with Crippen LogP contribution >= 0.6 is 0 Å². The Morgan fingerprint density at radius 3 is 3.00 bits per heavy atom. The van der Waals surface area contributed by atoms with Crippen LogP contribution in [0.2, 0.25) is 0 Å². The van der Waals surface area contributed by atoms with Gasteiger partial charge in [-0.25, -0.2) is 9.37 Å². The maximum Gasteiger partial charge on any atom is 0.125 e. The van der Waals surface area contributed by atoms with E-state index in [-0.39, 0.29) is 11.2 Å². The lowest BCUT2D eigenvalue weighted by atomic mass is 9.76. The summed E-state index contributed by atoms with van der Waals surface area (Å²) in [5, 5.41) is 3.51. The minimum atomic E-state index is -0.196. The highest BCUT2D eigenvalue weighted by Gasteiger charge is 2.37. The summed E-state index contributed by atoms with van der Waals surface area (Å²) < 4.78 is 15.5. The van der Waals surface area contributed by atoms with Crippen molar-refractivity contribution in [3.05, 3.63) is 29.8 Å². The number of aryl methyl sites for hydroxylation is 1. The van der Waals surface area contributed by atoms with E-state index in [0.717, 1.165) is 49.2 Å². The number of nitrogens with zero attached hydrogens (tertiary/aromatic N) is 2. The van der Waals surface area contributed by atoms with Gasteiger partial charge in [-0.1, -0.05) is 13.3 Å². The van der Waals surface area contributed by atoms with E-state index in [4.69, 9.17) is 4.98 Å². The van der Waals surface area contributed by atoms with Crippen LogP contribution in [-0.4, -0.2) is 22.6 Å². The number of piperidine rings is 1. The van der Waals surface area contributed by atoms with Crippen molar-refractivity contribution in [2.75, 3.05) is 13.1 Å². The van der Waals surface area contributed by atoms with Gasteiger partial charge >= 0.3 is 0 Å². The Balaban J connectivity index is 2.13. The molecule has 1 aliphatic heterocycles. The van der Waals surface area contributed by atoms with Gasteiger partial charge in [-0.05, 0) is 44.0 Å². The summed E-state index contributed by atoms with van der Waals surface area (Å²) in [5.74, 6) is 0.908. The molecule has 0 amide bonds. The van der Waals surface area contributed by atoms with Crippen molar-refractivity contribution < 1.29 is 4.39 Å². The maximum atomic E-state index is 13.5. The smallest absolute Gasteiger partial charge is 0.125 e. The number of halogens is 1. The molecule has 1 N–H and O–H groups in total. The van der Waals surface area contributed by atoms with Crippen LogP contribution in [0, 0.1) is 5.82 Å². The van der Waals surface area contributed by atoms with E-state index in [1.54, 1.807) is 12.1 Å². The zero-order valence-electron chi connectivity index (χ0n) is 12.2. The van der Waals surface area contributed by atoms with Gasteiger partial charge in [-0.15, -0.1) is 0 Å². The predicted molar refractivity (Wildman–Crippen MR) is 79.4 cm³/mol. The fourth-order valence-corrected chi connectivity index (χ4v) is 3.60. The van der Waals surface area contributed by atoms with E-state index in [0.29, 0.717) is 0 Å². The molecule has 0 radical (unpaired) electrons.